The molecule has 5 nitrogen and oxygen atoms in total. The fourth-order valence-corrected chi connectivity index (χ4v) is 4.39. The number of carbonyl (C=O) groups excluding carboxylic acids is 2. The van der Waals surface area contributed by atoms with Crippen molar-refractivity contribution in [2.75, 3.05) is 27.3 Å². The molecule has 1 aromatic rings. The number of likely N-dealkylation sites (tertiary alicyclic amines) is 1. The largest absolute Gasteiger partial charge is 0.468 e. The van der Waals surface area contributed by atoms with E-state index >= 15 is 0 Å². The molecule has 0 radical (unpaired) electrons. The summed E-state index contributed by atoms with van der Waals surface area (Å²) in [7, 11) is 2.69. The molecule has 1 heterocycles. The van der Waals surface area contributed by atoms with E-state index in [-0.39, 0.29) is 6.04 Å². The van der Waals surface area contributed by atoms with Gasteiger partial charge in [-0.05, 0) is 44.3 Å². The molecule has 0 amide bonds. The Labute approximate surface area is 155 Å². The summed E-state index contributed by atoms with van der Waals surface area (Å²) < 4.78 is 10.2. The van der Waals surface area contributed by atoms with Crippen molar-refractivity contribution in [2.24, 2.45) is 5.41 Å². The van der Waals surface area contributed by atoms with Gasteiger partial charge < -0.3 is 9.47 Å². The van der Waals surface area contributed by atoms with Gasteiger partial charge >= 0.3 is 11.9 Å². The molecule has 1 aliphatic carbocycles. The van der Waals surface area contributed by atoms with Crippen LogP contribution >= 0.6 is 0 Å². The van der Waals surface area contributed by atoms with Crippen LogP contribution in [-0.4, -0.2) is 50.2 Å². The second kappa shape index (κ2) is 8.04. The zero-order valence-electron chi connectivity index (χ0n) is 15.6. The van der Waals surface area contributed by atoms with Crippen molar-refractivity contribution in [1.29, 1.82) is 0 Å². The number of rotatable bonds is 5. The number of nitrogens with zero attached hydrogens (tertiary/aromatic N) is 1. The Morgan fingerprint density at radius 1 is 1.04 bits per heavy atom. The van der Waals surface area contributed by atoms with Crippen LogP contribution in [0.2, 0.25) is 0 Å². The highest BCUT2D eigenvalue weighted by molar-refractivity contribution is 6.02. The smallest absolute Gasteiger partial charge is 0.325 e. The first-order valence-corrected chi connectivity index (χ1v) is 9.27. The minimum absolute atomic E-state index is 0.303. The fourth-order valence-electron chi connectivity index (χ4n) is 4.39. The van der Waals surface area contributed by atoms with E-state index in [0.717, 1.165) is 37.9 Å². The molecule has 1 fully saturated rings. The molecule has 0 bridgehead atoms. The van der Waals surface area contributed by atoms with Crippen molar-refractivity contribution in [2.45, 2.75) is 38.1 Å². The monoisotopic (exact) mass is 357 g/mol. The quantitative estimate of drug-likeness (QED) is 0.461. The second-order valence-electron chi connectivity index (χ2n) is 7.10. The Morgan fingerprint density at radius 3 is 2.23 bits per heavy atom. The lowest BCUT2D eigenvalue weighted by Crippen LogP contribution is -2.56. The summed E-state index contributed by atoms with van der Waals surface area (Å²) in [4.78, 5) is 27.9. The number of hydrogen-bond donors (Lipinski definition) is 0. The van der Waals surface area contributed by atoms with Crippen molar-refractivity contribution in [3.63, 3.8) is 0 Å². The number of carbonyl (C=O) groups is 2. The Bertz CT molecular complexity index is 661. The minimum atomic E-state index is -1.30. The highest BCUT2D eigenvalue weighted by Crippen LogP contribution is 2.45. The zero-order valence-corrected chi connectivity index (χ0v) is 15.6. The number of piperidine rings is 1. The Morgan fingerprint density at radius 2 is 1.65 bits per heavy atom. The molecule has 1 unspecified atom stereocenters. The lowest BCUT2D eigenvalue weighted by Gasteiger charge is -2.41. The lowest BCUT2D eigenvalue weighted by atomic mass is 9.77. The fraction of sp³-hybridized carbons (Fsp3) is 0.524. The number of benzene rings is 1. The summed E-state index contributed by atoms with van der Waals surface area (Å²) in [5.41, 5.74) is 0.977. The molecule has 5 heteroatoms. The first-order valence-electron chi connectivity index (χ1n) is 9.27. The maximum Gasteiger partial charge on any atom is 0.325 e. The van der Waals surface area contributed by atoms with Crippen LogP contribution in [0.5, 0.6) is 0 Å². The number of hydrogen-bond acceptors (Lipinski definition) is 5. The van der Waals surface area contributed by atoms with Crippen molar-refractivity contribution in [3.05, 3.63) is 47.5 Å². The maximum absolute atomic E-state index is 12.8. The summed E-state index contributed by atoms with van der Waals surface area (Å²) in [5.74, 6) is -1.00. The molecule has 0 aromatic heterocycles. The topological polar surface area (TPSA) is 55.8 Å². The molecule has 2 aliphatic rings. The van der Waals surface area contributed by atoms with E-state index in [1.165, 1.54) is 26.2 Å². The number of ether oxygens (including phenoxy) is 2. The van der Waals surface area contributed by atoms with Gasteiger partial charge in [-0.3, -0.25) is 14.5 Å². The van der Waals surface area contributed by atoms with Crippen molar-refractivity contribution in [3.8, 4) is 0 Å². The van der Waals surface area contributed by atoms with E-state index in [2.05, 4.69) is 17.0 Å². The van der Waals surface area contributed by atoms with Crippen molar-refractivity contribution in [1.82, 2.24) is 4.90 Å². The molecule has 26 heavy (non-hydrogen) atoms. The first kappa shape index (κ1) is 18.6. The maximum atomic E-state index is 12.8. The number of esters is 2. The van der Waals surface area contributed by atoms with Gasteiger partial charge in [0.15, 0.2) is 5.41 Å². The van der Waals surface area contributed by atoms with Crippen LogP contribution in [0.15, 0.2) is 42.0 Å². The predicted molar refractivity (Wildman–Crippen MR) is 98.5 cm³/mol. The Kier molecular flexibility index (Phi) is 5.77. The highest BCUT2D eigenvalue weighted by Gasteiger charge is 2.59. The van der Waals surface area contributed by atoms with Crippen LogP contribution in [0, 0.1) is 5.41 Å². The van der Waals surface area contributed by atoms with E-state index in [9.17, 15) is 9.59 Å². The van der Waals surface area contributed by atoms with E-state index in [0.29, 0.717) is 6.42 Å². The normalized spacial score (nSPS) is 22.5. The molecule has 0 N–H and O–H groups in total. The van der Waals surface area contributed by atoms with Crippen LogP contribution < -0.4 is 0 Å². The van der Waals surface area contributed by atoms with Crippen LogP contribution in [0.25, 0.3) is 0 Å². The molecule has 1 atom stereocenters. The zero-order chi connectivity index (χ0) is 18.6. The summed E-state index contributed by atoms with van der Waals surface area (Å²) in [5, 5.41) is 0. The molecule has 1 aliphatic heterocycles. The van der Waals surface area contributed by atoms with Gasteiger partial charge in [0.1, 0.15) is 0 Å². The van der Waals surface area contributed by atoms with Gasteiger partial charge in [0.25, 0.3) is 0 Å². The van der Waals surface area contributed by atoms with E-state index in [1.807, 2.05) is 24.3 Å². The van der Waals surface area contributed by atoms with E-state index in [1.54, 1.807) is 0 Å². The third kappa shape index (κ3) is 3.28. The highest BCUT2D eigenvalue weighted by atomic mass is 16.5. The average molecular weight is 357 g/mol. The standard InChI is InChI=1S/C21H27NO4/c1-25-19(23)21(20(24)26-2)12-11-17(15-16-9-5-3-6-10-16)18(21)22-13-7-4-8-14-22/h3,5-6,9-11,18H,4,7-8,12-15H2,1-2H3. The van der Waals surface area contributed by atoms with Gasteiger partial charge in [-0.1, -0.05) is 48.4 Å². The van der Waals surface area contributed by atoms with Gasteiger partial charge in [0, 0.05) is 0 Å². The summed E-state index contributed by atoms with van der Waals surface area (Å²) in [6.45, 7) is 1.76. The first-order chi connectivity index (χ1) is 12.6. The third-order valence-electron chi connectivity index (χ3n) is 5.61. The number of methoxy groups -OCH3 is 2. The van der Waals surface area contributed by atoms with Crippen LogP contribution in [0.1, 0.15) is 31.2 Å². The summed E-state index contributed by atoms with van der Waals surface area (Å²) in [6.07, 6.45) is 6.43. The van der Waals surface area contributed by atoms with Crippen molar-refractivity contribution >= 4 is 11.9 Å². The van der Waals surface area contributed by atoms with Gasteiger partial charge in [0.05, 0.1) is 20.3 Å². The third-order valence-corrected chi connectivity index (χ3v) is 5.61. The summed E-state index contributed by atoms with van der Waals surface area (Å²) >= 11 is 0. The molecule has 140 valence electrons. The molecular formula is C21H27NO4. The predicted octanol–water partition coefficient (Wildman–Crippen LogP) is 2.75. The molecule has 1 aromatic carbocycles. The Hall–Kier alpha value is -2.14. The van der Waals surface area contributed by atoms with Gasteiger partial charge in [0.2, 0.25) is 0 Å². The molecule has 0 spiro atoms. The van der Waals surface area contributed by atoms with Gasteiger partial charge in [-0.2, -0.15) is 0 Å². The van der Waals surface area contributed by atoms with Gasteiger partial charge in [-0.25, -0.2) is 0 Å². The van der Waals surface area contributed by atoms with Crippen LogP contribution in [0.4, 0.5) is 0 Å². The lowest BCUT2D eigenvalue weighted by molar-refractivity contribution is -0.173. The second-order valence-corrected chi connectivity index (χ2v) is 7.10. The number of allylic oxidation sites excluding steroid dienone is 1. The van der Waals surface area contributed by atoms with E-state index < -0.39 is 17.4 Å². The van der Waals surface area contributed by atoms with E-state index in [4.69, 9.17) is 9.47 Å². The summed E-state index contributed by atoms with van der Waals surface area (Å²) in [6, 6.07) is 9.85. The van der Waals surface area contributed by atoms with Crippen LogP contribution in [0.3, 0.4) is 0 Å². The SMILES string of the molecule is COC(=O)C1(C(=O)OC)CC=C(Cc2ccccc2)C1N1CCCCC1. The average Bonchev–Trinajstić information content (AvgIpc) is 3.08. The van der Waals surface area contributed by atoms with Gasteiger partial charge in [-0.15, -0.1) is 0 Å². The molecule has 3 rings (SSSR count). The van der Waals surface area contributed by atoms with Crippen LogP contribution in [-0.2, 0) is 25.5 Å². The molecule has 1 saturated heterocycles. The molecular weight excluding hydrogens is 330 g/mol. The Balaban J connectivity index is 1.99. The van der Waals surface area contributed by atoms with Crippen molar-refractivity contribution < 1.29 is 19.1 Å². The minimum Gasteiger partial charge on any atom is -0.468 e. The molecule has 0 saturated carbocycles.